The Hall–Kier alpha value is -3.28. The number of nitrogens with zero attached hydrogens (tertiary/aromatic N) is 3. The Morgan fingerprint density at radius 3 is 2.50 bits per heavy atom. The number of carbonyl (C=O) groups excluding carboxylic acids is 1. The van der Waals surface area contributed by atoms with Crippen LogP contribution in [-0.2, 0) is 6.54 Å². The maximum Gasteiger partial charge on any atom is 0.254 e. The van der Waals surface area contributed by atoms with Crippen molar-refractivity contribution < 1.29 is 14.3 Å². The summed E-state index contributed by atoms with van der Waals surface area (Å²) in [5, 5.41) is 4.59. The van der Waals surface area contributed by atoms with Gasteiger partial charge in [0.15, 0.2) is 11.5 Å². The molecule has 3 aromatic rings. The number of rotatable bonds is 8. The quantitative estimate of drug-likeness (QED) is 0.421. The van der Waals surface area contributed by atoms with Gasteiger partial charge >= 0.3 is 0 Å². The first-order chi connectivity index (χ1) is 16.4. The molecule has 6 nitrogen and oxygen atoms in total. The van der Waals surface area contributed by atoms with E-state index in [9.17, 15) is 4.79 Å². The maximum absolute atomic E-state index is 13.8. The van der Waals surface area contributed by atoms with Crippen LogP contribution >= 0.6 is 0 Å². The third kappa shape index (κ3) is 5.27. The second-order valence-corrected chi connectivity index (χ2v) is 9.41. The highest BCUT2D eigenvalue weighted by molar-refractivity contribution is 5.95. The van der Waals surface area contributed by atoms with Crippen LogP contribution in [0.5, 0.6) is 11.5 Å². The van der Waals surface area contributed by atoms with E-state index in [0.717, 1.165) is 48.3 Å². The van der Waals surface area contributed by atoms with E-state index in [1.807, 2.05) is 85.8 Å². The fourth-order valence-electron chi connectivity index (χ4n) is 4.77. The molecule has 34 heavy (non-hydrogen) atoms. The molecule has 0 aliphatic heterocycles. The number of aryl methyl sites for hydroxylation is 2. The first-order valence-corrected chi connectivity index (χ1v) is 12.1. The number of hydrogen-bond acceptors (Lipinski definition) is 4. The number of benzene rings is 2. The zero-order valence-electron chi connectivity index (χ0n) is 20.9. The minimum atomic E-state index is 0.0360. The Morgan fingerprint density at radius 2 is 1.85 bits per heavy atom. The smallest absolute Gasteiger partial charge is 0.254 e. The lowest BCUT2D eigenvalue weighted by molar-refractivity contribution is 0.0664. The molecule has 0 saturated heterocycles. The Balaban J connectivity index is 1.64. The molecule has 0 bridgehead atoms. The van der Waals surface area contributed by atoms with Gasteiger partial charge in [-0.2, -0.15) is 5.10 Å². The van der Waals surface area contributed by atoms with E-state index in [1.54, 1.807) is 7.11 Å². The average molecular weight is 462 g/mol. The van der Waals surface area contributed by atoms with E-state index in [4.69, 9.17) is 9.47 Å². The summed E-state index contributed by atoms with van der Waals surface area (Å²) in [6.45, 7) is 8.53. The van der Waals surface area contributed by atoms with E-state index in [2.05, 4.69) is 5.10 Å². The number of hydrogen-bond donors (Lipinski definition) is 0. The van der Waals surface area contributed by atoms with Crippen LogP contribution in [0.15, 0.2) is 48.5 Å². The predicted octanol–water partition coefficient (Wildman–Crippen LogP) is 5.87. The Labute approximate surface area is 202 Å². The van der Waals surface area contributed by atoms with Crippen molar-refractivity contribution in [1.29, 1.82) is 0 Å². The number of ether oxygens (including phenoxy) is 2. The predicted molar refractivity (Wildman–Crippen MR) is 134 cm³/mol. The first kappa shape index (κ1) is 23.9. The van der Waals surface area contributed by atoms with Gasteiger partial charge in [0.2, 0.25) is 0 Å². The Kier molecular flexibility index (Phi) is 7.25. The minimum Gasteiger partial charge on any atom is -0.493 e. The first-order valence-electron chi connectivity index (χ1n) is 12.1. The Bertz CT molecular complexity index is 1150. The van der Waals surface area contributed by atoms with E-state index >= 15 is 0 Å². The van der Waals surface area contributed by atoms with Crippen LogP contribution < -0.4 is 9.47 Å². The molecule has 0 N–H and O–H groups in total. The van der Waals surface area contributed by atoms with Gasteiger partial charge in [0.25, 0.3) is 5.91 Å². The van der Waals surface area contributed by atoms with Crippen LogP contribution in [0.4, 0.5) is 0 Å². The number of amides is 1. The van der Waals surface area contributed by atoms with Crippen LogP contribution in [0, 0.1) is 13.8 Å². The molecule has 180 valence electrons. The molecule has 0 radical (unpaired) electrons. The molecule has 2 aromatic carbocycles. The van der Waals surface area contributed by atoms with Crippen LogP contribution in [0.2, 0.25) is 0 Å². The van der Waals surface area contributed by atoms with Crippen molar-refractivity contribution in [3.8, 4) is 17.2 Å². The lowest BCUT2D eigenvalue weighted by Crippen LogP contribution is -2.38. The zero-order chi connectivity index (χ0) is 24.2. The highest BCUT2D eigenvalue weighted by Crippen LogP contribution is 2.32. The largest absolute Gasteiger partial charge is 0.493 e. The number of aromatic nitrogens is 2. The summed E-state index contributed by atoms with van der Waals surface area (Å²) in [6.07, 6.45) is 4.42. The molecule has 1 fully saturated rings. The van der Waals surface area contributed by atoms with Crippen LogP contribution in [0.1, 0.15) is 66.8 Å². The molecular weight excluding hydrogens is 426 g/mol. The molecule has 6 heteroatoms. The van der Waals surface area contributed by atoms with Gasteiger partial charge in [-0.15, -0.1) is 0 Å². The number of methoxy groups -OCH3 is 1. The molecular formula is C28H35N3O3. The monoisotopic (exact) mass is 461 g/mol. The highest BCUT2D eigenvalue weighted by Gasteiger charge is 2.28. The summed E-state index contributed by atoms with van der Waals surface area (Å²) in [4.78, 5) is 15.9. The van der Waals surface area contributed by atoms with Crippen molar-refractivity contribution in [3.63, 3.8) is 0 Å². The molecule has 0 unspecified atom stereocenters. The third-order valence-corrected chi connectivity index (χ3v) is 6.32. The fraction of sp³-hybridized carbons (Fsp3) is 0.429. The molecule has 0 spiro atoms. The lowest BCUT2D eigenvalue weighted by Gasteiger charge is -2.30. The molecule has 4 rings (SSSR count). The average Bonchev–Trinajstić information content (AvgIpc) is 3.46. The van der Waals surface area contributed by atoms with Gasteiger partial charge in [0.1, 0.15) is 0 Å². The normalized spacial score (nSPS) is 13.9. The van der Waals surface area contributed by atoms with Crippen LogP contribution in [-0.4, -0.2) is 39.8 Å². The van der Waals surface area contributed by atoms with Crippen molar-refractivity contribution in [1.82, 2.24) is 14.7 Å². The van der Waals surface area contributed by atoms with E-state index in [1.165, 1.54) is 0 Å². The molecule has 1 heterocycles. The minimum absolute atomic E-state index is 0.0360. The van der Waals surface area contributed by atoms with Gasteiger partial charge in [-0.05, 0) is 82.5 Å². The van der Waals surface area contributed by atoms with Crippen molar-refractivity contribution in [2.24, 2.45) is 0 Å². The molecule has 1 amide bonds. The topological polar surface area (TPSA) is 56.6 Å². The second kappa shape index (κ2) is 10.3. The van der Waals surface area contributed by atoms with E-state index in [0.29, 0.717) is 23.6 Å². The van der Waals surface area contributed by atoms with Crippen LogP contribution in [0.25, 0.3) is 5.69 Å². The highest BCUT2D eigenvalue weighted by atomic mass is 16.5. The van der Waals surface area contributed by atoms with E-state index < -0.39 is 0 Å². The summed E-state index contributed by atoms with van der Waals surface area (Å²) < 4.78 is 13.3. The summed E-state index contributed by atoms with van der Waals surface area (Å²) in [5.41, 5.74) is 4.63. The summed E-state index contributed by atoms with van der Waals surface area (Å²) in [7, 11) is 1.65. The van der Waals surface area contributed by atoms with Gasteiger partial charge in [0, 0.05) is 23.8 Å². The molecule has 1 aliphatic rings. The molecule has 0 atom stereocenters. The van der Waals surface area contributed by atoms with Crippen molar-refractivity contribution in [2.75, 3.05) is 7.11 Å². The van der Waals surface area contributed by atoms with Gasteiger partial charge in [-0.1, -0.05) is 25.0 Å². The van der Waals surface area contributed by atoms with Crippen LogP contribution in [0.3, 0.4) is 0 Å². The third-order valence-electron chi connectivity index (χ3n) is 6.32. The van der Waals surface area contributed by atoms with Crippen molar-refractivity contribution in [2.45, 2.75) is 72.1 Å². The molecule has 1 saturated carbocycles. The number of carbonyl (C=O) groups is 1. The van der Waals surface area contributed by atoms with Gasteiger partial charge in [-0.3, -0.25) is 4.79 Å². The second-order valence-electron chi connectivity index (χ2n) is 9.41. The summed E-state index contributed by atoms with van der Waals surface area (Å²) in [5.74, 6) is 1.46. The van der Waals surface area contributed by atoms with Crippen molar-refractivity contribution in [3.05, 3.63) is 71.0 Å². The molecule has 1 aliphatic carbocycles. The Morgan fingerprint density at radius 1 is 1.09 bits per heavy atom. The fourth-order valence-corrected chi connectivity index (χ4v) is 4.77. The standard InChI is InChI=1S/C28H35N3O3/c1-19(2)34-27-16-22(13-14-26(27)33-5)18-30(24-10-6-7-11-24)28(32)23-9-8-12-25(17-23)31-21(4)15-20(3)29-31/h8-9,12-17,19,24H,6-7,10-11,18H2,1-5H3. The van der Waals surface area contributed by atoms with Gasteiger partial charge in [-0.25, -0.2) is 4.68 Å². The van der Waals surface area contributed by atoms with E-state index in [-0.39, 0.29) is 18.1 Å². The van der Waals surface area contributed by atoms with Crippen molar-refractivity contribution >= 4 is 5.91 Å². The molecule has 1 aromatic heterocycles. The zero-order valence-corrected chi connectivity index (χ0v) is 20.9. The lowest BCUT2D eigenvalue weighted by atomic mass is 10.1. The summed E-state index contributed by atoms with van der Waals surface area (Å²) in [6, 6.07) is 16.0. The SMILES string of the molecule is COc1ccc(CN(C(=O)c2cccc(-n3nc(C)cc3C)c2)C2CCCC2)cc1OC(C)C. The maximum atomic E-state index is 13.8. The van der Waals surface area contributed by atoms with Gasteiger partial charge in [0.05, 0.1) is 24.6 Å². The summed E-state index contributed by atoms with van der Waals surface area (Å²) >= 11 is 0. The van der Waals surface area contributed by atoms with Gasteiger partial charge < -0.3 is 14.4 Å².